The van der Waals surface area contributed by atoms with Crippen LogP contribution in [0.4, 0.5) is 5.69 Å². The molecule has 0 N–H and O–H groups in total. The Labute approximate surface area is 118 Å². The van der Waals surface area contributed by atoms with Gasteiger partial charge in [0, 0.05) is 25.7 Å². The van der Waals surface area contributed by atoms with Gasteiger partial charge >= 0.3 is 0 Å². The number of sulfonamides is 1. The predicted octanol–water partition coefficient (Wildman–Crippen LogP) is 1.56. The van der Waals surface area contributed by atoms with Gasteiger partial charge in [0.15, 0.2) is 0 Å². The first-order valence-corrected chi connectivity index (χ1v) is 7.63. The molecule has 0 unspecified atom stereocenters. The molecule has 0 aliphatic carbocycles. The van der Waals surface area contributed by atoms with Gasteiger partial charge in [0.25, 0.3) is 5.69 Å². The molecule has 1 aromatic carbocycles. The van der Waals surface area contributed by atoms with Crippen molar-refractivity contribution in [2.45, 2.75) is 13.3 Å². The van der Waals surface area contributed by atoms with Gasteiger partial charge in [0.05, 0.1) is 17.3 Å². The third kappa shape index (κ3) is 4.46. The zero-order valence-corrected chi connectivity index (χ0v) is 12.5. The van der Waals surface area contributed by atoms with Crippen molar-refractivity contribution in [1.82, 2.24) is 4.31 Å². The maximum Gasteiger partial charge on any atom is 0.272 e. The molecule has 0 bridgehead atoms. The van der Waals surface area contributed by atoms with Crippen LogP contribution in [-0.4, -0.2) is 44.1 Å². The molecule has 0 aliphatic heterocycles. The van der Waals surface area contributed by atoms with Crippen LogP contribution in [-0.2, 0) is 10.0 Å². The second-order valence-electron chi connectivity index (χ2n) is 4.51. The Kier molecular flexibility index (Phi) is 5.46. The summed E-state index contributed by atoms with van der Waals surface area (Å²) >= 11 is 0. The lowest BCUT2D eigenvalue weighted by atomic mass is 10.2. The Morgan fingerprint density at radius 2 is 2.00 bits per heavy atom. The normalized spacial score (nSPS) is 11.6. The summed E-state index contributed by atoms with van der Waals surface area (Å²) in [6, 6.07) is 4.45. The summed E-state index contributed by atoms with van der Waals surface area (Å²) in [5.41, 5.74) is 0.543. The van der Waals surface area contributed by atoms with E-state index in [4.69, 9.17) is 4.74 Å². The maximum atomic E-state index is 11.5. The van der Waals surface area contributed by atoms with Gasteiger partial charge in [-0.2, -0.15) is 0 Å². The Morgan fingerprint density at radius 1 is 1.35 bits per heavy atom. The number of nitro benzene ring substituents is 1. The van der Waals surface area contributed by atoms with E-state index in [1.165, 1.54) is 30.5 Å². The highest BCUT2D eigenvalue weighted by Gasteiger charge is 2.13. The molecule has 0 saturated heterocycles. The highest BCUT2D eigenvalue weighted by molar-refractivity contribution is 7.89. The molecule has 0 radical (unpaired) electrons. The summed E-state index contributed by atoms with van der Waals surface area (Å²) in [4.78, 5) is 10.2. The van der Waals surface area contributed by atoms with E-state index in [9.17, 15) is 18.5 Å². The van der Waals surface area contributed by atoms with Gasteiger partial charge in [-0.15, -0.1) is 0 Å². The molecule has 0 aromatic heterocycles. The van der Waals surface area contributed by atoms with E-state index in [0.29, 0.717) is 17.7 Å². The third-order valence-electron chi connectivity index (χ3n) is 2.74. The predicted molar refractivity (Wildman–Crippen MR) is 75.4 cm³/mol. The van der Waals surface area contributed by atoms with E-state index in [1.54, 1.807) is 13.0 Å². The van der Waals surface area contributed by atoms with Crippen molar-refractivity contribution in [3.05, 3.63) is 33.9 Å². The summed E-state index contributed by atoms with van der Waals surface area (Å²) in [6.07, 6.45) is 0.358. The Bertz CT molecular complexity index is 584. The van der Waals surface area contributed by atoms with Crippen molar-refractivity contribution < 1.29 is 18.1 Å². The number of rotatable bonds is 7. The van der Waals surface area contributed by atoms with E-state index in [1.807, 2.05) is 0 Å². The minimum Gasteiger partial charge on any atom is -0.494 e. The van der Waals surface area contributed by atoms with E-state index in [0.717, 1.165) is 0 Å². The van der Waals surface area contributed by atoms with Crippen molar-refractivity contribution in [2.24, 2.45) is 0 Å². The van der Waals surface area contributed by atoms with Gasteiger partial charge in [-0.05, 0) is 25.5 Å². The SMILES string of the molecule is Cc1cc(OCCCS(=O)(=O)N(C)C)ccc1[N+](=O)[O-]. The van der Waals surface area contributed by atoms with E-state index < -0.39 is 14.9 Å². The van der Waals surface area contributed by atoms with Gasteiger partial charge < -0.3 is 4.74 Å². The third-order valence-corrected chi connectivity index (χ3v) is 4.65. The van der Waals surface area contributed by atoms with Gasteiger partial charge in [-0.3, -0.25) is 10.1 Å². The molecule has 0 spiro atoms. The average Bonchev–Trinajstić information content (AvgIpc) is 2.34. The topological polar surface area (TPSA) is 89.8 Å². The zero-order valence-electron chi connectivity index (χ0n) is 11.7. The molecular formula is C12H18N2O5S. The number of nitrogens with zero attached hydrogens (tertiary/aromatic N) is 2. The largest absolute Gasteiger partial charge is 0.494 e. The van der Waals surface area contributed by atoms with Gasteiger partial charge in [-0.1, -0.05) is 0 Å². The minimum atomic E-state index is -3.21. The maximum absolute atomic E-state index is 11.5. The quantitative estimate of drug-likeness (QED) is 0.433. The molecule has 20 heavy (non-hydrogen) atoms. The molecule has 1 aromatic rings. The molecule has 8 heteroatoms. The molecule has 112 valence electrons. The second-order valence-corrected chi connectivity index (χ2v) is 6.81. The Hall–Kier alpha value is -1.67. The van der Waals surface area contributed by atoms with Crippen LogP contribution >= 0.6 is 0 Å². The van der Waals surface area contributed by atoms with E-state index >= 15 is 0 Å². The number of ether oxygens (including phenoxy) is 1. The fourth-order valence-electron chi connectivity index (χ4n) is 1.54. The van der Waals surface area contributed by atoms with Crippen LogP contribution in [0, 0.1) is 17.0 Å². The molecule has 0 amide bonds. The minimum absolute atomic E-state index is 0.00592. The van der Waals surface area contributed by atoms with Gasteiger partial charge in [0.2, 0.25) is 10.0 Å². The van der Waals surface area contributed by atoms with Gasteiger partial charge in [-0.25, -0.2) is 12.7 Å². The van der Waals surface area contributed by atoms with E-state index in [2.05, 4.69) is 0 Å². The van der Waals surface area contributed by atoms with Gasteiger partial charge in [0.1, 0.15) is 5.75 Å². The fraction of sp³-hybridized carbons (Fsp3) is 0.500. The summed E-state index contributed by atoms with van der Waals surface area (Å²) in [6.45, 7) is 1.87. The molecule has 0 aliphatic rings. The molecular weight excluding hydrogens is 284 g/mol. The van der Waals surface area contributed by atoms with Crippen LogP contribution in [0.3, 0.4) is 0 Å². The van der Waals surface area contributed by atoms with Crippen molar-refractivity contribution in [3.63, 3.8) is 0 Å². The van der Waals surface area contributed by atoms with Crippen LogP contribution < -0.4 is 4.74 Å². The van der Waals surface area contributed by atoms with Crippen molar-refractivity contribution in [1.29, 1.82) is 0 Å². The summed E-state index contributed by atoms with van der Waals surface area (Å²) in [7, 11) is -0.251. The highest BCUT2D eigenvalue weighted by Crippen LogP contribution is 2.23. The lowest BCUT2D eigenvalue weighted by Gasteiger charge is -2.11. The fourth-order valence-corrected chi connectivity index (χ4v) is 2.38. The van der Waals surface area contributed by atoms with Crippen LogP contribution in [0.25, 0.3) is 0 Å². The van der Waals surface area contributed by atoms with Crippen LogP contribution in [0.5, 0.6) is 5.75 Å². The Morgan fingerprint density at radius 3 is 2.50 bits per heavy atom. The zero-order chi connectivity index (χ0) is 15.3. The molecule has 0 saturated carbocycles. The molecule has 1 rings (SSSR count). The van der Waals surface area contributed by atoms with Crippen molar-refractivity contribution in [2.75, 3.05) is 26.5 Å². The molecule has 0 fully saturated rings. The number of aryl methyl sites for hydroxylation is 1. The first-order chi connectivity index (χ1) is 9.24. The van der Waals surface area contributed by atoms with Crippen molar-refractivity contribution in [3.8, 4) is 5.75 Å². The summed E-state index contributed by atoms with van der Waals surface area (Å²) in [5, 5.41) is 10.7. The number of nitro groups is 1. The lowest BCUT2D eigenvalue weighted by Crippen LogP contribution is -2.25. The molecule has 0 atom stereocenters. The number of hydrogen-bond acceptors (Lipinski definition) is 5. The van der Waals surface area contributed by atoms with Crippen molar-refractivity contribution >= 4 is 15.7 Å². The monoisotopic (exact) mass is 302 g/mol. The summed E-state index contributed by atoms with van der Waals surface area (Å²) < 4.78 is 29.6. The van der Waals surface area contributed by atoms with E-state index in [-0.39, 0.29) is 18.0 Å². The number of hydrogen-bond donors (Lipinski definition) is 0. The number of benzene rings is 1. The molecule has 7 nitrogen and oxygen atoms in total. The lowest BCUT2D eigenvalue weighted by molar-refractivity contribution is -0.385. The standard InChI is InChI=1S/C12H18N2O5S/c1-10-9-11(5-6-12(10)14(15)16)19-7-4-8-20(17,18)13(2)3/h5-6,9H,4,7-8H2,1-3H3. The van der Waals surface area contributed by atoms with Crippen LogP contribution in [0.1, 0.15) is 12.0 Å². The molecule has 0 heterocycles. The average molecular weight is 302 g/mol. The van der Waals surface area contributed by atoms with Crippen LogP contribution in [0.15, 0.2) is 18.2 Å². The second kappa shape index (κ2) is 6.67. The highest BCUT2D eigenvalue weighted by atomic mass is 32.2. The van der Waals surface area contributed by atoms with Crippen LogP contribution in [0.2, 0.25) is 0 Å². The smallest absolute Gasteiger partial charge is 0.272 e. The first-order valence-electron chi connectivity index (χ1n) is 6.02. The Balaban J connectivity index is 2.52. The summed E-state index contributed by atoms with van der Waals surface area (Å²) in [5.74, 6) is 0.502. The first kappa shape index (κ1) is 16.4.